The van der Waals surface area contributed by atoms with Gasteiger partial charge in [-0.2, -0.15) is 4.72 Å². The van der Waals surface area contributed by atoms with Gasteiger partial charge in [0.2, 0.25) is 15.9 Å². The maximum absolute atomic E-state index is 13.3. The number of nitrogens with zero attached hydrogens (tertiary/aromatic N) is 2. The first-order valence-corrected chi connectivity index (χ1v) is 13.0. The largest absolute Gasteiger partial charge is 0.337 e. The molecule has 1 amide bonds. The van der Waals surface area contributed by atoms with Crippen LogP contribution >= 0.6 is 11.3 Å². The van der Waals surface area contributed by atoms with E-state index in [9.17, 15) is 13.2 Å². The molecule has 32 heavy (non-hydrogen) atoms. The van der Waals surface area contributed by atoms with Gasteiger partial charge in [0, 0.05) is 13.1 Å². The predicted molar refractivity (Wildman–Crippen MR) is 129 cm³/mol. The van der Waals surface area contributed by atoms with Crippen LogP contribution in [0.3, 0.4) is 0 Å². The van der Waals surface area contributed by atoms with E-state index in [0.29, 0.717) is 13.1 Å². The third-order valence-corrected chi connectivity index (χ3v) is 8.03. The molecule has 1 aliphatic heterocycles. The van der Waals surface area contributed by atoms with Crippen molar-refractivity contribution in [2.24, 2.45) is 5.92 Å². The first kappa shape index (κ1) is 22.6. The number of nitrogens with one attached hydrogen (secondary N) is 1. The lowest BCUT2D eigenvalue weighted by molar-refractivity contribution is -0.133. The van der Waals surface area contributed by atoms with Crippen LogP contribution in [0.4, 0.5) is 0 Å². The molecule has 0 radical (unpaired) electrons. The maximum Gasteiger partial charge on any atom is 0.241 e. The minimum Gasteiger partial charge on any atom is -0.337 e. The fourth-order valence-corrected chi connectivity index (χ4v) is 6.18. The molecule has 1 unspecified atom stereocenters. The van der Waals surface area contributed by atoms with Crippen molar-refractivity contribution >= 4 is 43.1 Å². The number of rotatable bonds is 6. The highest BCUT2D eigenvalue weighted by atomic mass is 32.2. The lowest BCUT2D eigenvalue weighted by Gasteiger charge is -2.32. The first-order valence-electron chi connectivity index (χ1n) is 10.7. The fourth-order valence-electron chi connectivity index (χ4n) is 3.87. The second-order valence-corrected chi connectivity index (χ2v) is 11.3. The molecule has 6 nitrogen and oxygen atoms in total. The third-order valence-electron chi connectivity index (χ3n) is 5.66. The quantitative estimate of drug-likeness (QED) is 0.586. The smallest absolute Gasteiger partial charge is 0.241 e. The summed E-state index contributed by atoms with van der Waals surface area (Å²) in [5, 5.41) is 0.880. The molecular formula is C24H27N3O3S2. The average molecular weight is 470 g/mol. The van der Waals surface area contributed by atoms with Crippen molar-refractivity contribution < 1.29 is 13.2 Å². The van der Waals surface area contributed by atoms with Gasteiger partial charge in [-0.3, -0.25) is 4.79 Å². The Kier molecular flexibility index (Phi) is 6.46. The summed E-state index contributed by atoms with van der Waals surface area (Å²) in [4.78, 5) is 19.5. The number of hydrogen-bond donors (Lipinski definition) is 1. The van der Waals surface area contributed by atoms with E-state index in [-0.39, 0.29) is 16.7 Å². The Morgan fingerprint density at radius 2 is 1.91 bits per heavy atom. The SMILES string of the molecule is Cc1nc2ccc(S(=O)(=O)NC(C(=O)N3CC=C(c4ccccc4)CC3)C(C)C)cc2s1. The van der Waals surface area contributed by atoms with Crippen LogP contribution in [0.25, 0.3) is 15.8 Å². The standard InChI is InChI=1S/C24H27N3O3S2/c1-16(2)23(24(28)27-13-11-19(12-14-27)18-7-5-4-6-8-18)26-32(29,30)20-9-10-21-22(15-20)31-17(3)25-21/h4-11,15-16,23,26H,12-14H2,1-3H3. The van der Waals surface area contributed by atoms with Gasteiger partial charge in [0.15, 0.2) is 0 Å². The minimum atomic E-state index is -3.86. The number of carbonyl (C=O) groups is 1. The highest BCUT2D eigenvalue weighted by Gasteiger charge is 2.32. The fraction of sp³-hybridized carbons (Fsp3) is 0.333. The van der Waals surface area contributed by atoms with Gasteiger partial charge in [-0.25, -0.2) is 13.4 Å². The van der Waals surface area contributed by atoms with E-state index in [4.69, 9.17) is 0 Å². The number of amides is 1. The van der Waals surface area contributed by atoms with Gasteiger partial charge in [0.05, 0.1) is 20.1 Å². The van der Waals surface area contributed by atoms with Crippen LogP contribution < -0.4 is 4.72 Å². The van der Waals surface area contributed by atoms with E-state index in [1.807, 2.05) is 39.0 Å². The molecule has 1 N–H and O–H groups in total. The summed E-state index contributed by atoms with van der Waals surface area (Å²) in [5.74, 6) is -0.382. The molecule has 2 aromatic carbocycles. The van der Waals surface area contributed by atoms with Crippen LogP contribution in [-0.4, -0.2) is 43.3 Å². The normalized spacial score (nSPS) is 15.8. The van der Waals surface area contributed by atoms with E-state index in [2.05, 4.69) is 27.9 Å². The summed E-state index contributed by atoms with van der Waals surface area (Å²) in [6, 6.07) is 14.2. The van der Waals surface area contributed by atoms with Gasteiger partial charge in [0.1, 0.15) is 6.04 Å². The number of aryl methyl sites for hydroxylation is 1. The van der Waals surface area contributed by atoms with Gasteiger partial charge in [-0.1, -0.05) is 50.3 Å². The van der Waals surface area contributed by atoms with Crippen LogP contribution in [-0.2, 0) is 14.8 Å². The van der Waals surface area contributed by atoms with Crippen molar-refractivity contribution in [1.82, 2.24) is 14.6 Å². The van der Waals surface area contributed by atoms with E-state index in [1.54, 1.807) is 23.1 Å². The molecule has 168 valence electrons. The molecule has 0 saturated carbocycles. The van der Waals surface area contributed by atoms with E-state index in [0.717, 1.165) is 27.2 Å². The highest BCUT2D eigenvalue weighted by molar-refractivity contribution is 7.89. The molecule has 8 heteroatoms. The molecule has 0 aliphatic carbocycles. The zero-order valence-electron chi connectivity index (χ0n) is 18.4. The Labute approximate surface area is 193 Å². The molecule has 2 heterocycles. The van der Waals surface area contributed by atoms with Crippen LogP contribution in [0.5, 0.6) is 0 Å². The van der Waals surface area contributed by atoms with Crippen molar-refractivity contribution in [3.8, 4) is 0 Å². The average Bonchev–Trinajstić information content (AvgIpc) is 3.17. The monoisotopic (exact) mass is 469 g/mol. The van der Waals surface area contributed by atoms with Gasteiger partial charge in [-0.15, -0.1) is 11.3 Å². The number of benzene rings is 2. The molecule has 4 rings (SSSR count). The molecular weight excluding hydrogens is 442 g/mol. The molecule has 1 aliphatic rings. The van der Waals surface area contributed by atoms with Gasteiger partial charge < -0.3 is 4.90 Å². The van der Waals surface area contributed by atoms with Crippen molar-refractivity contribution in [2.75, 3.05) is 13.1 Å². The first-order chi connectivity index (χ1) is 15.2. The summed E-state index contributed by atoms with van der Waals surface area (Å²) in [7, 11) is -3.86. The number of thiazole rings is 1. The number of fused-ring (bicyclic) bond motifs is 1. The molecule has 1 aromatic heterocycles. The number of aromatic nitrogens is 1. The Morgan fingerprint density at radius 3 is 2.56 bits per heavy atom. The second-order valence-electron chi connectivity index (χ2n) is 8.34. The zero-order chi connectivity index (χ0) is 22.9. The lowest BCUT2D eigenvalue weighted by Crippen LogP contribution is -2.52. The maximum atomic E-state index is 13.3. The van der Waals surface area contributed by atoms with Gasteiger partial charge >= 0.3 is 0 Å². The summed E-state index contributed by atoms with van der Waals surface area (Å²) in [6.45, 7) is 6.64. The second kappa shape index (κ2) is 9.13. The Bertz CT molecular complexity index is 1260. The Hall–Kier alpha value is -2.55. The Balaban J connectivity index is 1.51. The number of hydrogen-bond acceptors (Lipinski definition) is 5. The highest BCUT2D eigenvalue weighted by Crippen LogP contribution is 2.26. The van der Waals surface area contributed by atoms with Crippen molar-refractivity contribution in [2.45, 2.75) is 38.1 Å². The summed E-state index contributed by atoms with van der Waals surface area (Å²) in [5.41, 5.74) is 3.15. The molecule has 1 atom stereocenters. The topological polar surface area (TPSA) is 79.4 Å². The van der Waals surface area contributed by atoms with Gasteiger partial charge in [-0.05, 0) is 48.6 Å². The van der Waals surface area contributed by atoms with E-state index >= 15 is 0 Å². The van der Waals surface area contributed by atoms with E-state index in [1.165, 1.54) is 16.9 Å². The Morgan fingerprint density at radius 1 is 1.16 bits per heavy atom. The number of sulfonamides is 1. The third kappa shape index (κ3) is 4.77. The molecule has 0 spiro atoms. The lowest BCUT2D eigenvalue weighted by atomic mass is 9.98. The summed E-state index contributed by atoms with van der Waals surface area (Å²) < 4.78 is 29.7. The summed E-state index contributed by atoms with van der Waals surface area (Å²) in [6.07, 6.45) is 2.80. The zero-order valence-corrected chi connectivity index (χ0v) is 20.0. The van der Waals surface area contributed by atoms with Crippen molar-refractivity contribution in [3.63, 3.8) is 0 Å². The molecule has 0 fully saturated rings. The minimum absolute atomic E-state index is 0.150. The van der Waals surface area contributed by atoms with Crippen LogP contribution in [0.1, 0.15) is 30.8 Å². The van der Waals surface area contributed by atoms with E-state index < -0.39 is 16.1 Å². The number of carbonyl (C=O) groups excluding carboxylic acids is 1. The van der Waals surface area contributed by atoms with Gasteiger partial charge in [0.25, 0.3) is 0 Å². The molecule has 0 saturated heterocycles. The van der Waals surface area contributed by atoms with Crippen LogP contribution in [0.15, 0.2) is 59.5 Å². The molecule has 0 bridgehead atoms. The van der Waals surface area contributed by atoms with Crippen LogP contribution in [0, 0.1) is 12.8 Å². The summed E-state index contributed by atoms with van der Waals surface area (Å²) >= 11 is 1.45. The predicted octanol–water partition coefficient (Wildman–Crippen LogP) is 4.22. The van der Waals surface area contributed by atoms with Crippen molar-refractivity contribution in [3.05, 3.63) is 65.2 Å². The van der Waals surface area contributed by atoms with Crippen LogP contribution in [0.2, 0.25) is 0 Å². The van der Waals surface area contributed by atoms with Crippen molar-refractivity contribution in [1.29, 1.82) is 0 Å². The molecule has 3 aromatic rings.